The lowest BCUT2D eigenvalue weighted by molar-refractivity contribution is -0.118. The Morgan fingerprint density at radius 3 is 2.78 bits per heavy atom. The molecule has 0 aliphatic carbocycles. The van der Waals surface area contributed by atoms with E-state index in [9.17, 15) is 4.79 Å². The topological polar surface area (TPSA) is 82.8 Å². The predicted molar refractivity (Wildman–Crippen MR) is 88.7 cm³/mol. The molecule has 3 N–H and O–H groups in total. The Hall–Kier alpha value is -1.63. The number of carbonyl (C=O) groups is 1. The van der Waals surface area contributed by atoms with Gasteiger partial charge >= 0.3 is 0 Å². The van der Waals surface area contributed by atoms with E-state index >= 15 is 0 Å². The molecule has 23 heavy (non-hydrogen) atoms. The van der Waals surface area contributed by atoms with Crippen LogP contribution in [0.5, 0.6) is 5.75 Å². The van der Waals surface area contributed by atoms with E-state index in [0.29, 0.717) is 6.54 Å². The molecular weight excluding hydrogens is 296 g/mol. The van der Waals surface area contributed by atoms with Gasteiger partial charge in [0.25, 0.3) is 0 Å². The molecule has 1 heterocycles. The highest BCUT2D eigenvalue weighted by Crippen LogP contribution is 2.25. The fourth-order valence-corrected chi connectivity index (χ4v) is 2.51. The second-order valence-electron chi connectivity index (χ2n) is 5.76. The molecule has 0 bridgehead atoms. The lowest BCUT2D eigenvalue weighted by Crippen LogP contribution is -2.28. The molecule has 0 spiro atoms. The molecule has 128 valence electrons. The van der Waals surface area contributed by atoms with Gasteiger partial charge in [-0.3, -0.25) is 4.79 Å². The Bertz CT molecular complexity index is 511. The van der Waals surface area contributed by atoms with Crippen LogP contribution in [-0.4, -0.2) is 45.0 Å². The van der Waals surface area contributed by atoms with Gasteiger partial charge in [0.1, 0.15) is 11.9 Å². The van der Waals surface area contributed by atoms with Gasteiger partial charge in [-0.15, -0.1) is 0 Å². The van der Waals surface area contributed by atoms with Crippen molar-refractivity contribution in [2.45, 2.75) is 38.4 Å². The maximum absolute atomic E-state index is 12.0. The average molecular weight is 322 g/mol. The average Bonchev–Trinajstić information content (AvgIpc) is 2.56. The molecule has 6 heteroatoms. The van der Waals surface area contributed by atoms with Crippen LogP contribution in [-0.2, 0) is 14.3 Å². The van der Waals surface area contributed by atoms with Crippen LogP contribution < -0.4 is 15.8 Å². The van der Waals surface area contributed by atoms with Crippen LogP contribution in [0.4, 0.5) is 5.69 Å². The first-order chi connectivity index (χ1) is 11.1. The molecule has 1 aliphatic heterocycles. The number of hydrogen-bond donors (Lipinski definition) is 2. The summed E-state index contributed by atoms with van der Waals surface area (Å²) in [7, 11) is 1.55. The SMILES string of the molecule is COC(CN)CC(=O)Nc1ccc(OC2CCOCC2)c(C)c1. The molecule has 1 amide bonds. The van der Waals surface area contributed by atoms with Gasteiger partial charge in [0, 0.05) is 32.2 Å². The minimum absolute atomic E-state index is 0.111. The fraction of sp³-hybridized carbons (Fsp3) is 0.588. The Kier molecular flexibility index (Phi) is 6.83. The quantitative estimate of drug-likeness (QED) is 0.800. The fourth-order valence-electron chi connectivity index (χ4n) is 2.51. The van der Waals surface area contributed by atoms with Crippen molar-refractivity contribution in [2.75, 3.05) is 32.2 Å². The zero-order chi connectivity index (χ0) is 16.7. The summed E-state index contributed by atoms with van der Waals surface area (Å²) in [6.07, 6.45) is 2.01. The summed E-state index contributed by atoms with van der Waals surface area (Å²) in [6, 6.07) is 5.66. The molecular formula is C17H26N2O4. The summed E-state index contributed by atoms with van der Waals surface area (Å²) in [4.78, 5) is 12.0. The summed E-state index contributed by atoms with van der Waals surface area (Å²) >= 11 is 0. The number of hydrogen-bond acceptors (Lipinski definition) is 5. The van der Waals surface area contributed by atoms with Gasteiger partial charge in [0.15, 0.2) is 0 Å². The van der Waals surface area contributed by atoms with Gasteiger partial charge in [-0.1, -0.05) is 0 Å². The second kappa shape index (κ2) is 8.86. The number of rotatable bonds is 7. The first-order valence-corrected chi connectivity index (χ1v) is 8.00. The van der Waals surface area contributed by atoms with E-state index in [4.69, 9.17) is 19.9 Å². The molecule has 1 unspecified atom stereocenters. The smallest absolute Gasteiger partial charge is 0.227 e. The number of anilines is 1. The van der Waals surface area contributed by atoms with E-state index in [1.54, 1.807) is 7.11 Å². The largest absolute Gasteiger partial charge is 0.490 e. The van der Waals surface area contributed by atoms with Crippen LogP contribution >= 0.6 is 0 Å². The van der Waals surface area contributed by atoms with Crippen LogP contribution in [0.3, 0.4) is 0 Å². The lowest BCUT2D eigenvalue weighted by atomic mass is 10.1. The molecule has 1 fully saturated rings. The third kappa shape index (κ3) is 5.49. The number of nitrogens with one attached hydrogen (secondary N) is 1. The zero-order valence-electron chi connectivity index (χ0n) is 13.8. The summed E-state index contributed by atoms with van der Waals surface area (Å²) in [5.74, 6) is 0.742. The third-order valence-corrected chi connectivity index (χ3v) is 3.93. The molecule has 1 aromatic rings. The number of amides is 1. The molecule has 6 nitrogen and oxygen atoms in total. The normalized spacial score (nSPS) is 16.8. The molecule has 1 atom stereocenters. The highest BCUT2D eigenvalue weighted by atomic mass is 16.5. The van der Waals surface area contributed by atoms with Crippen molar-refractivity contribution in [3.63, 3.8) is 0 Å². The Labute approximate surface area is 137 Å². The standard InChI is InChI=1S/C17H26N2O4/c1-12-9-13(19-17(20)10-15(11-18)21-2)3-4-16(12)23-14-5-7-22-8-6-14/h3-4,9,14-15H,5-8,10-11,18H2,1-2H3,(H,19,20). The van der Waals surface area contributed by atoms with Gasteiger partial charge in [0.2, 0.25) is 5.91 Å². The highest BCUT2D eigenvalue weighted by Gasteiger charge is 2.17. The van der Waals surface area contributed by atoms with Crippen molar-refractivity contribution < 1.29 is 19.0 Å². The number of methoxy groups -OCH3 is 1. The van der Waals surface area contributed by atoms with Crippen molar-refractivity contribution in [3.05, 3.63) is 23.8 Å². The van der Waals surface area contributed by atoms with Crippen molar-refractivity contribution in [1.29, 1.82) is 0 Å². The number of nitrogens with two attached hydrogens (primary N) is 1. The summed E-state index contributed by atoms with van der Waals surface area (Å²) in [5, 5.41) is 2.86. The number of ether oxygens (including phenoxy) is 3. The Morgan fingerprint density at radius 1 is 1.43 bits per heavy atom. The molecule has 1 aromatic carbocycles. The van der Waals surface area contributed by atoms with E-state index in [2.05, 4.69) is 5.32 Å². The van der Waals surface area contributed by atoms with Crippen LogP contribution in [0.15, 0.2) is 18.2 Å². The lowest BCUT2D eigenvalue weighted by Gasteiger charge is -2.24. The van der Waals surface area contributed by atoms with Crippen molar-refractivity contribution >= 4 is 11.6 Å². The monoisotopic (exact) mass is 322 g/mol. The molecule has 0 saturated carbocycles. The number of aryl methyl sites for hydroxylation is 1. The van der Waals surface area contributed by atoms with Crippen LogP contribution in [0.1, 0.15) is 24.8 Å². The van der Waals surface area contributed by atoms with Gasteiger partial charge in [-0.25, -0.2) is 0 Å². The van der Waals surface area contributed by atoms with Crippen LogP contribution in [0.2, 0.25) is 0 Å². The maximum atomic E-state index is 12.0. The van der Waals surface area contributed by atoms with E-state index < -0.39 is 0 Å². The highest BCUT2D eigenvalue weighted by molar-refractivity contribution is 5.91. The van der Waals surface area contributed by atoms with Crippen molar-refractivity contribution in [1.82, 2.24) is 0 Å². The molecule has 1 saturated heterocycles. The summed E-state index contributed by atoms with van der Waals surface area (Å²) in [5.41, 5.74) is 7.27. The minimum Gasteiger partial charge on any atom is -0.490 e. The maximum Gasteiger partial charge on any atom is 0.227 e. The van der Waals surface area contributed by atoms with Gasteiger partial charge < -0.3 is 25.3 Å². The zero-order valence-corrected chi connectivity index (χ0v) is 13.8. The van der Waals surface area contributed by atoms with Crippen molar-refractivity contribution in [2.24, 2.45) is 5.73 Å². The molecule has 1 aliphatic rings. The van der Waals surface area contributed by atoms with E-state index in [0.717, 1.165) is 43.1 Å². The summed E-state index contributed by atoms with van der Waals surface area (Å²) in [6.45, 7) is 3.79. The van der Waals surface area contributed by atoms with E-state index in [1.807, 2.05) is 25.1 Å². The van der Waals surface area contributed by atoms with E-state index in [1.165, 1.54) is 0 Å². The number of benzene rings is 1. The first-order valence-electron chi connectivity index (χ1n) is 8.00. The Balaban J connectivity index is 1.91. The van der Waals surface area contributed by atoms with Crippen LogP contribution in [0, 0.1) is 6.92 Å². The van der Waals surface area contributed by atoms with Gasteiger partial charge in [-0.05, 0) is 30.7 Å². The Morgan fingerprint density at radius 2 is 2.17 bits per heavy atom. The number of carbonyl (C=O) groups excluding carboxylic acids is 1. The molecule has 0 radical (unpaired) electrons. The first kappa shape index (κ1) is 17.7. The van der Waals surface area contributed by atoms with Crippen LogP contribution in [0.25, 0.3) is 0 Å². The van der Waals surface area contributed by atoms with Gasteiger partial charge in [-0.2, -0.15) is 0 Å². The third-order valence-electron chi connectivity index (χ3n) is 3.93. The predicted octanol–water partition coefficient (Wildman–Crippen LogP) is 1.86. The summed E-state index contributed by atoms with van der Waals surface area (Å²) < 4.78 is 16.5. The van der Waals surface area contributed by atoms with E-state index in [-0.39, 0.29) is 24.5 Å². The molecule has 0 aromatic heterocycles. The van der Waals surface area contributed by atoms with Crippen molar-refractivity contribution in [3.8, 4) is 5.75 Å². The van der Waals surface area contributed by atoms with Gasteiger partial charge in [0.05, 0.1) is 25.7 Å². The second-order valence-corrected chi connectivity index (χ2v) is 5.76. The molecule has 2 rings (SSSR count). The minimum atomic E-state index is -0.257.